The van der Waals surface area contributed by atoms with E-state index in [1.54, 1.807) is 29.8 Å². The molecule has 4 aromatic rings. The maximum absolute atomic E-state index is 12.9. The van der Waals surface area contributed by atoms with Gasteiger partial charge in [0, 0.05) is 52.5 Å². The minimum absolute atomic E-state index is 0.0702. The van der Waals surface area contributed by atoms with Crippen LogP contribution in [-0.2, 0) is 12.0 Å². The quantitative estimate of drug-likeness (QED) is 0.369. The molecule has 212 valence electrons. The first-order chi connectivity index (χ1) is 19.6. The van der Waals surface area contributed by atoms with Gasteiger partial charge in [-0.05, 0) is 42.5 Å². The van der Waals surface area contributed by atoms with Gasteiger partial charge in [-0.1, -0.05) is 20.8 Å². The van der Waals surface area contributed by atoms with Gasteiger partial charge in [-0.15, -0.1) is 11.3 Å². The number of pyridine rings is 1. The molecule has 0 unspecified atom stereocenters. The largest absolute Gasteiger partial charge is 0.489 e. The molecular weight excluding hydrogens is 536 g/mol. The van der Waals surface area contributed by atoms with Crippen molar-refractivity contribution in [3.05, 3.63) is 69.1 Å². The summed E-state index contributed by atoms with van der Waals surface area (Å²) in [4.78, 5) is 20.8. The summed E-state index contributed by atoms with van der Waals surface area (Å²) in [6.45, 7) is 10.6. The number of benzene rings is 1. The summed E-state index contributed by atoms with van der Waals surface area (Å²) in [5.74, 6) is 0.694. The minimum atomic E-state index is -0.334. The highest BCUT2D eigenvalue weighted by atomic mass is 32.1. The van der Waals surface area contributed by atoms with Crippen molar-refractivity contribution < 1.29 is 9.84 Å². The first-order valence-corrected chi connectivity index (χ1v) is 14.7. The van der Waals surface area contributed by atoms with Crippen LogP contribution in [0.25, 0.3) is 21.3 Å². The van der Waals surface area contributed by atoms with Crippen molar-refractivity contribution in [2.75, 3.05) is 31.2 Å². The molecule has 0 amide bonds. The Kier molecular flexibility index (Phi) is 6.85. The van der Waals surface area contributed by atoms with Gasteiger partial charge < -0.3 is 20.1 Å². The Morgan fingerprint density at radius 3 is 2.80 bits per heavy atom. The average molecular weight is 571 g/mol. The van der Waals surface area contributed by atoms with Crippen LogP contribution in [0.3, 0.4) is 0 Å². The standard InChI is InChI=1S/C31H34N6O3S/c1-30(2,3)20-11-27(39)37(35-15-20)17-22-12-25-29(41-22)23(5-6-33-25)24-9-19(14-32)10-26-28(24)36(7-8-40-26)21-13-31(4,18-38)34-16-21/h5-6,9-12,15,21,34,38H,7-8,13,16-18H2,1-4H3/t21-,31+/m0/s1. The van der Waals surface area contributed by atoms with Crippen LogP contribution >= 0.6 is 11.3 Å². The Hall–Kier alpha value is -3.78. The van der Waals surface area contributed by atoms with Crippen molar-refractivity contribution in [2.45, 2.75) is 57.7 Å². The molecule has 1 aromatic carbocycles. The van der Waals surface area contributed by atoms with Crippen LogP contribution in [0.15, 0.2) is 47.5 Å². The second-order valence-electron chi connectivity index (χ2n) is 12.3. The van der Waals surface area contributed by atoms with E-state index in [0.717, 1.165) is 50.4 Å². The monoisotopic (exact) mass is 570 g/mol. The second-order valence-corrected chi connectivity index (χ2v) is 13.4. The zero-order valence-electron chi connectivity index (χ0n) is 23.8. The summed E-state index contributed by atoms with van der Waals surface area (Å²) in [7, 11) is 0. The maximum Gasteiger partial charge on any atom is 0.267 e. The van der Waals surface area contributed by atoms with Crippen molar-refractivity contribution in [3.8, 4) is 22.9 Å². The molecular formula is C31H34N6O3S. The third-order valence-electron chi connectivity index (χ3n) is 8.12. The SMILES string of the molecule is CC(C)(C)c1cnn(Cc2cc3nccc(-c4cc(C#N)cc5c4N([C@@H]4CN[C@@](C)(CO)C4)CCO5)c3s2)c(=O)c1. The van der Waals surface area contributed by atoms with Gasteiger partial charge in [0.1, 0.15) is 12.4 Å². The highest BCUT2D eigenvalue weighted by Crippen LogP contribution is 2.46. The number of aromatic nitrogens is 3. The second kappa shape index (κ2) is 10.2. The number of aliphatic hydroxyl groups excluding tert-OH is 1. The van der Waals surface area contributed by atoms with Gasteiger partial charge in [-0.2, -0.15) is 10.4 Å². The van der Waals surface area contributed by atoms with E-state index in [4.69, 9.17) is 4.74 Å². The molecule has 3 aromatic heterocycles. The Labute approximate surface area is 243 Å². The summed E-state index contributed by atoms with van der Waals surface area (Å²) in [6, 6.07) is 11.9. The van der Waals surface area contributed by atoms with Crippen LogP contribution in [0.1, 0.15) is 50.1 Å². The van der Waals surface area contributed by atoms with Crippen LogP contribution < -0.4 is 20.5 Å². The number of thiophene rings is 1. The van der Waals surface area contributed by atoms with Gasteiger partial charge in [0.2, 0.25) is 0 Å². The lowest BCUT2D eigenvalue weighted by Crippen LogP contribution is -2.42. The van der Waals surface area contributed by atoms with Crippen molar-refractivity contribution in [1.82, 2.24) is 20.1 Å². The number of nitriles is 1. The molecule has 0 aliphatic carbocycles. The molecule has 0 bridgehead atoms. The molecule has 2 atom stereocenters. The number of nitrogens with zero attached hydrogens (tertiary/aromatic N) is 5. The molecule has 0 radical (unpaired) electrons. The normalized spacial score (nSPS) is 20.6. The van der Waals surface area contributed by atoms with Crippen LogP contribution in [0.2, 0.25) is 0 Å². The molecule has 2 aliphatic rings. The fraction of sp³-hybridized carbons (Fsp3) is 0.419. The van der Waals surface area contributed by atoms with Crippen molar-refractivity contribution in [1.29, 1.82) is 5.26 Å². The molecule has 10 heteroatoms. The highest BCUT2D eigenvalue weighted by molar-refractivity contribution is 7.19. The lowest BCUT2D eigenvalue weighted by molar-refractivity contribution is 0.190. The van der Waals surface area contributed by atoms with E-state index in [1.807, 2.05) is 31.2 Å². The van der Waals surface area contributed by atoms with Gasteiger partial charge in [0.15, 0.2) is 0 Å². The Morgan fingerprint density at radius 2 is 2.10 bits per heavy atom. The fourth-order valence-electron chi connectivity index (χ4n) is 5.77. The molecule has 9 nitrogen and oxygen atoms in total. The van der Waals surface area contributed by atoms with Gasteiger partial charge in [0.05, 0.1) is 53.4 Å². The van der Waals surface area contributed by atoms with Gasteiger partial charge in [-0.3, -0.25) is 9.78 Å². The zero-order chi connectivity index (χ0) is 28.9. The number of anilines is 1. The van der Waals surface area contributed by atoms with Crippen LogP contribution in [-0.4, -0.2) is 57.8 Å². The Bertz CT molecular complexity index is 1730. The third kappa shape index (κ3) is 5.10. The topological polar surface area (TPSA) is 116 Å². The first kappa shape index (κ1) is 27.4. The Morgan fingerprint density at radius 1 is 1.27 bits per heavy atom. The zero-order valence-corrected chi connectivity index (χ0v) is 24.6. The number of fused-ring (bicyclic) bond motifs is 2. The molecule has 2 N–H and O–H groups in total. The number of hydrogen-bond donors (Lipinski definition) is 2. The summed E-state index contributed by atoms with van der Waals surface area (Å²) >= 11 is 1.58. The maximum atomic E-state index is 12.9. The number of aliphatic hydroxyl groups is 1. The van der Waals surface area contributed by atoms with Crippen molar-refractivity contribution in [2.24, 2.45) is 0 Å². The predicted molar refractivity (Wildman–Crippen MR) is 161 cm³/mol. The van der Waals surface area contributed by atoms with Gasteiger partial charge in [-0.25, -0.2) is 4.68 Å². The fourth-order valence-corrected chi connectivity index (χ4v) is 6.90. The van der Waals surface area contributed by atoms with Gasteiger partial charge in [0.25, 0.3) is 5.56 Å². The summed E-state index contributed by atoms with van der Waals surface area (Å²) in [6.07, 6.45) is 4.36. The number of rotatable bonds is 5. The van der Waals surface area contributed by atoms with Crippen molar-refractivity contribution in [3.63, 3.8) is 0 Å². The highest BCUT2D eigenvalue weighted by Gasteiger charge is 2.39. The summed E-state index contributed by atoms with van der Waals surface area (Å²) < 4.78 is 8.58. The van der Waals surface area contributed by atoms with E-state index >= 15 is 0 Å². The van der Waals surface area contributed by atoms with Gasteiger partial charge >= 0.3 is 0 Å². The molecule has 1 saturated heterocycles. The first-order valence-electron chi connectivity index (χ1n) is 13.9. The van der Waals surface area contributed by atoms with Crippen LogP contribution in [0, 0.1) is 11.3 Å². The average Bonchev–Trinajstić information content (AvgIpc) is 3.56. The van der Waals surface area contributed by atoms with E-state index in [1.165, 1.54) is 4.68 Å². The van der Waals surface area contributed by atoms with Crippen LogP contribution in [0.5, 0.6) is 5.75 Å². The van der Waals surface area contributed by atoms with Crippen molar-refractivity contribution >= 4 is 27.2 Å². The minimum Gasteiger partial charge on any atom is -0.489 e. The third-order valence-corrected chi connectivity index (χ3v) is 9.26. The molecule has 1 fully saturated rings. The summed E-state index contributed by atoms with van der Waals surface area (Å²) in [5.41, 5.74) is 4.50. The van der Waals surface area contributed by atoms with Crippen LogP contribution in [0.4, 0.5) is 5.69 Å². The summed E-state index contributed by atoms with van der Waals surface area (Å²) in [5, 5.41) is 27.8. The molecule has 2 aliphatic heterocycles. The molecule has 0 saturated carbocycles. The molecule has 5 heterocycles. The number of hydrogen-bond acceptors (Lipinski definition) is 9. The molecule has 41 heavy (non-hydrogen) atoms. The Balaban J connectivity index is 1.43. The lowest BCUT2D eigenvalue weighted by Gasteiger charge is -2.38. The number of ether oxygens (including phenoxy) is 1. The predicted octanol–water partition coefficient (Wildman–Crippen LogP) is 4.05. The molecule has 6 rings (SSSR count). The number of nitrogens with one attached hydrogen (secondary N) is 1. The van der Waals surface area contributed by atoms with E-state index in [-0.39, 0.29) is 29.2 Å². The smallest absolute Gasteiger partial charge is 0.267 e. The van der Waals surface area contributed by atoms with E-state index in [0.29, 0.717) is 31.0 Å². The molecule has 0 spiro atoms. The van der Waals surface area contributed by atoms with E-state index in [2.05, 4.69) is 47.1 Å². The van der Waals surface area contributed by atoms with E-state index in [9.17, 15) is 15.2 Å². The lowest BCUT2D eigenvalue weighted by atomic mass is 9.89. The van der Waals surface area contributed by atoms with E-state index < -0.39 is 0 Å².